The van der Waals surface area contributed by atoms with Crippen LogP contribution < -0.4 is 9.47 Å². The Kier molecular flexibility index (Phi) is 3.89. The molecule has 1 N–H and O–H groups in total. The molecule has 1 aromatic rings. The number of ether oxygens (including phenoxy) is 2. The molecule has 0 heterocycles. The third-order valence-electron chi connectivity index (χ3n) is 3.36. The van der Waals surface area contributed by atoms with Gasteiger partial charge >= 0.3 is 0 Å². The summed E-state index contributed by atoms with van der Waals surface area (Å²) in [7, 11) is 3.33. The van der Waals surface area contributed by atoms with Crippen molar-refractivity contribution in [3.8, 4) is 11.5 Å². The second-order valence-electron chi connectivity index (χ2n) is 4.62. The van der Waals surface area contributed by atoms with Crippen molar-refractivity contribution in [1.29, 1.82) is 0 Å². The molecule has 1 aliphatic carbocycles. The van der Waals surface area contributed by atoms with E-state index >= 15 is 0 Å². The largest absolute Gasteiger partial charge is 0.497 e. The van der Waals surface area contributed by atoms with Crippen LogP contribution in [0.1, 0.15) is 24.8 Å². The van der Waals surface area contributed by atoms with E-state index in [2.05, 4.69) is 0 Å². The van der Waals surface area contributed by atoms with Gasteiger partial charge in [-0.05, 0) is 55.4 Å². The SMILES string of the molecule is COc1ccc(OC)c(CCC(O)C2CC2)c1. The Bertz CT molecular complexity index is 372. The van der Waals surface area contributed by atoms with Gasteiger partial charge in [0.05, 0.1) is 20.3 Å². The van der Waals surface area contributed by atoms with E-state index in [1.807, 2.05) is 18.2 Å². The molecule has 1 saturated carbocycles. The molecule has 1 fully saturated rings. The fraction of sp³-hybridized carbons (Fsp3) is 0.571. The summed E-state index contributed by atoms with van der Waals surface area (Å²) >= 11 is 0. The van der Waals surface area contributed by atoms with Crippen LogP contribution in [-0.4, -0.2) is 25.4 Å². The van der Waals surface area contributed by atoms with E-state index in [0.29, 0.717) is 5.92 Å². The Hall–Kier alpha value is -1.22. The van der Waals surface area contributed by atoms with Crippen molar-refractivity contribution < 1.29 is 14.6 Å². The maximum Gasteiger partial charge on any atom is 0.122 e. The van der Waals surface area contributed by atoms with Crippen molar-refractivity contribution >= 4 is 0 Å². The molecular weight excluding hydrogens is 216 g/mol. The number of aryl methyl sites for hydroxylation is 1. The van der Waals surface area contributed by atoms with Gasteiger partial charge in [-0.1, -0.05) is 0 Å². The number of aliphatic hydroxyl groups excluding tert-OH is 1. The molecule has 0 aromatic heterocycles. The molecule has 0 saturated heterocycles. The zero-order chi connectivity index (χ0) is 12.3. The predicted molar refractivity (Wildman–Crippen MR) is 66.6 cm³/mol. The molecule has 0 radical (unpaired) electrons. The maximum atomic E-state index is 9.87. The van der Waals surface area contributed by atoms with Gasteiger partial charge in [0.15, 0.2) is 0 Å². The van der Waals surface area contributed by atoms with Crippen molar-refractivity contribution in [3.05, 3.63) is 23.8 Å². The first-order valence-electron chi connectivity index (χ1n) is 6.13. The van der Waals surface area contributed by atoms with Crippen molar-refractivity contribution in [2.24, 2.45) is 5.92 Å². The molecule has 0 aliphatic heterocycles. The second kappa shape index (κ2) is 5.41. The predicted octanol–water partition coefficient (Wildman–Crippen LogP) is 2.41. The molecule has 1 unspecified atom stereocenters. The lowest BCUT2D eigenvalue weighted by Gasteiger charge is -2.13. The van der Waals surface area contributed by atoms with E-state index in [4.69, 9.17) is 9.47 Å². The minimum atomic E-state index is -0.161. The van der Waals surface area contributed by atoms with Crippen LogP contribution in [0.25, 0.3) is 0 Å². The van der Waals surface area contributed by atoms with Gasteiger partial charge in [0.2, 0.25) is 0 Å². The molecule has 1 aliphatic rings. The zero-order valence-electron chi connectivity index (χ0n) is 10.5. The topological polar surface area (TPSA) is 38.7 Å². The number of hydrogen-bond acceptors (Lipinski definition) is 3. The number of benzene rings is 1. The monoisotopic (exact) mass is 236 g/mol. The summed E-state index contributed by atoms with van der Waals surface area (Å²) < 4.78 is 10.5. The van der Waals surface area contributed by atoms with E-state index in [-0.39, 0.29) is 6.10 Å². The molecule has 2 rings (SSSR count). The molecule has 1 atom stereocenters. The molecule has 94 valence electrons. The fourth-order valence-corrected chi connectivity index (χ4v) is 2.10. The van der Waals surface area contributed by atoms with Gasteiger partial charge in [-0.25, -0.2) is 0 Å². The third-order valence-corrected chi connectivity index (χ3v) is 3.36. The van der Waals surface area contributed by atoms with Gasteiger partial charge < -0.3 is 14.6 Å². The molecular formula is C14H20O3. The molecule has 0 spiro atoms. The molecule has 3 nitrogen and oxygen atoms in total. The first-order chi connectivity index (χ1) is 8.24. The Morgan fingerprint density at radius 1 is 1.29 bits per heavy atom. The highest BCUT2D eigenvalue weighted by Gasteiger charge is 2.29. The Morgan fingerprint density at radius 2 is 2.06 bits per heavy atom. The van der Waals surface area contributed by atoms with Gasteiger partial charge in [0, 0.05) is 0 Å². The van der Waals surface area contributed by atoms with Crippen LogP contribution in [0.4, 0.5) is 0 Å². The van der Waals surface area contributed by atoms with Gasteiger partial charge in [-0.15, -0.1) is 0 Å². The van der Waals surface area contributed by atoms with Gasteiger partial charge in [0.25, 0.3) is 0 Å². The highest BCUT2D eigenvalue weighted by molar-refractivity contribution is 5.40. The van der Waals surface area contributed by atoms with Crippen molar-refractivity contribution in [3.63, 3.8) is 0 Å². The summed E-state index contributed by atoms with van der Waals surface area (Å²) in [5.41, 5.74) is 1.10. The molecule has 0 amide bonds. The summed E-state index contributed by atoms with van der Waals surface area (Å²) in [5.74, 6) is 2.24. The Morgan fingerprint density at radius 3 is 2.65 bits per heavy atom. The highest BCUT2D eigenvalue weighted by atomic mass is 16.5. The van der Waals surface area contributed by atoms with E-state index in [0.717, 1.165) is 29.9 Å². The highest BCUT2D eigenvalue weighted by Crippen LogP contribution is 2.35. The minimum absolute atomic E-state index is 0.161. The van der Waals surface area contributed by atoms with Crippen molar-refractivity contribution in [2.75, 3.05) is 14.2 Å². The molecule has 0 bridgehead atoms. The summed E-state index contributed by atoms with van der Waals surface area (Å²) in [6.45, 7) is 0. The van der Waals surface area contributed by atoms with Crippen LogP contribution in [0.5, 0.6) is 11.5 Å². The average Bonchev–Trinajstić information content (AvgIpc) is 3.19. The maximum absolute atomic E-state index is 9.87. The van der Waals surface area contributed by atoms with Crippen LogP contribution in [-0.2, 0) is 6.42 Å². The van der Waals surface area contributed by atoms with E-state index in [9.17, 15) is 5.11 Å². The van der Waals surface area contributed by atoms with E-state index in [1.54, 1.807) is 14.2 Å². The van der Waals surface area contributed by atoms with E-state index < -0.39 is 0 Å². The van der Waals surface area contributed by atoms with Crippen LogP contribution in [0.15, 0.2) is 18.2 Å². The van der Waals surface area contributed by atoms with Crippen LogP contribution >= 0.6 is 0 Å². The van der Waals surface area contributed by atoms with Gasteiger partial charge in [0.1, 0.15) is 11.5 Å². The van der Waals surface area contributed by atoms with Crippen LogP contribution in [0, 0.1) is 5.92 Å². The van der Waals surface area contributed by atoms with Crippen molar-refractivity contribution in [2.45, 2.75) is 31.8 Å². The number of rotatable bonds is 6. The minimum Gasteiger partial charge on any atom is -0.497 e. The lowest BCUT2D eigenvalue weighted by molar-refractivity contribution is 0.141. The van der Waals surface area contributed by atoms with Crippen molar-refractivity contribution in [1.82, 2.24) is 0 Å². The lowest BCUT2D eigenvalue weighted by atomic mass is 10.0. The number of methoxy groups -OCH3 is 2. The van der Waals surface area contributed by atoms with E-state index in [1.165, 1.54) is 12.8 Å². The standard InChI is InChI=1S/C14H20O3/c1-16-12-6-8-14(17-2)11(9-12)5-7-13(15)10-3-4-10/h6,8-10,13,15H,3-5,7H2,1-2H3. The quantitative estimate of drug-likeness (QED) is 0.824. The molecule has 1 aromatic carbocycles. The smallest absolute Gasteiger partial charge is 0.122 e. The fourth-order valence-electron chi connectivity index (χ4n) is 2.10. The normalized spacial score (nSPS) is 16.6. The Labute approximate surface area is 102 Å². The Balaban J connectivity index is 2.01. The molecule has 3 heteroatoms. The van der Waals surface area contributed by atoms with Gasteiger partial charge in [-0.2, -0.15) is 0 Å². The summed E-state index contributed by atoms with van der Waals surface area (Å²) in [6.07, 6.45) is 3.82. The molecule has 17 heavy (non-hydrogen) atoms. The summed E-state index contributed by atoms with van der Waals surface area (Å²) in [4.78, 5) is 0. The lowest BCUT2D eigenvalue weighted by Crippen LogP contribution is -2.10. The summed E-state index contributed by atoms with van der Waals surface area (Å²) in [6, 6.07) is 5.79. The van der Waals surface area contributed by atoms with Crippen LogP contribution in [0.2, 0.25) is 0 Å². The first kappa shape index (κ1) is 12.2. The number of hydrogen-bond donors (Lipinski definition) is 1. The van der Waals surface area contributed by atoms with Gasteiger partial charge in [-0.3, -0.25) is 0 Å². The third kappa shape index (κ3) is 3.13. The summed E-state index contributed by atoms with van der Waals surface area (Å²) in [5, 5.41) is 9.87. The average molecular weight is 236 g/mol. The zero-order valence-corrected chi connectivity index (χ0v) is 10.5. The first-order valence-corrected chi connectivity index (χ1v) is 6.13. The number of aliphatic hydroxyl groups is 1. The second-order valence-corrected chi connectivity index (χ2v) is 4.62. The van der Waals surface area contributed by atoms with Crippen LogP contribution in [0.3, 0.4) is 0 Å².